The Hall–Kier alpha value is -1.78. The second-order valence-corrected chi connectivity index (χ2v) is 6.54. The number of aryl methyl sites for hydroxylation is 1. The molecule has 1 fully saturated rings. The van der Waals surface area contributed by atoms with Gasteiger partial charge in [-0.25, -0.2) is 0 Å². The number of aliphatic carboxylic acids is 1. The summed E-state index contributed by atoms with van der Waals surface area (Å²) in [5.74, 6) is -0.804. The summed E-state index contributed by atoms with van der Waals surface area (Å²) < 4.78 is 1.88. The fourth-order valence-corrected chi connectivity index (χ4v) is 2.92. The maximum absolute atomic E-state index is 12.6. The SMILES string of the molecule is Cc1ccc(C(=O)N2CCCC(C(C)(C)C(=O)O)C2)n1C. The molecule has 1 aromatic heterocycles. The summed E-state index contributed by atoms with van der Waals surface area (Å²) in [5.41, 5.74) is 0.905. The predicted molar refractivity (Wildman–Crippen MR) is 80.2 cm³/mol. The highest BCUT2D eigenvalue weighted by Crippen LogP contribution is 2.34. The third kappa shape index (κ3) is 2.82. The lowest BCUT2D eigenvalue weighted by atomic mass is 9.74. The second kappa shape index (κ2) is 5.54. The number of nitrogens with zero attached hydrogens (tertiary/aromatic N) is 2. The van der Waals surface area contributed by atoms with E-state index in [9.17, 15) is 14.7 Å². The largest absolute Gasteiger partial charge is 0.481 e. The first-order chi connectivity index (χ1) is 9.75. The second-order valence-electron chi connectivity index (χ2n) is 6.54. The number of piperidine rings is 1. The van der Waals surface area contributed by atoms with Crippen LogP contribution in [0.4, 0.5) is 0 Å². The normalized spacial score (nSPS) is 19.6. The molecule has 2 rings (SSSR count). The van der Waals surface area contributed by atoms with Gasteiger partial charge in [0.15, 0.2) is 0 Å². The number of rotatable bonds is 3. The van der Waals surface area contributed by atoms with E-state index in [-0.39, 0.29) is 11.8 Å². The zero-order valence-corrected chi connectivity index (χ0v) is 13.2. The quantitative estimate of drug-likeness (QED) is 0.929. The minimum Gasteiger partial charge on any atom is -0.481 e. The highest BCUT2D eigenvalue weighted by Gasteiger charge is 2.40. The standard InChI is InChI=1S/C16H24N2O3/c1-11-7-8-13(17(11)4)14(19)18-9-5-6-12(10-18)16(2,3)15(20)21/h7-8,12H,5-6,9-10H2,1-4H3,(H,20,21). The molecule has 2 heterocycles. The Morgan fingerprint density at radius 2 is 2.00 bits per heavy atom. The van der Waals surface area contributed by atoms with Crippen molar-refractivity contribution in [1.82, 2.24) is 9.47 Å². The third-order valence-corrected chi connectivity index (χ3v) is 4.87. The van der Waals surface area contributed by atoms with Crippen molar-refractivity contribution < 1.29 is 14.7 Å². The van der Waals surface area contributed by atoms with E-state index in [1.165, 1.54) is 0 Å². The predicted octanol–water partition coefficient (Wildman–Crippen LogP) is 2.30. The van der Waals surface area contributed by atoms with Gasteiger partial charge >= 0.3 is 5.97 Å². The molecule has 1 aliphatic heterocycles. The van der Waals surface area contributed by atoms with Crippen LogP contribution in [0.3, 0.4) is 0 Å². The summed E-state index contributed by atoms with van der Waals surface area (Å²) in [7, 11) is 1.88. The number of hydrogen-bond acceptors (Lipinski definition) is 2. The molecule has 116 valence electrons. The zero-order valence-electron chi connectivity index (χ0n) is 13.2. The number of carboxylic acids is 1. The van der Waals surface area contributed by atoms with E-state index in [1.54, 1.807) is 18.7 Å². The van der Waals surface area contributed by atoms with Crippen molar-refractivity contribution in [3.8, 4) is 0 Å². The number of carboxylic acid groups (broad SMARTS) is 1. The van der Waals surface area contributed by atoms with Crippen molar-refractivity contribution in [2.24, 2.45) is 18.4 Å². The number of amides is 1. The van der Waals surface area contributed by atoms with Gasteiger partial charge in [0.25, 0.3) is 5.91 Å². The molecule has 1 saturated heterocycles. The van der Waals surface area contributed by atoms with E-state index in [0.29, 0.717) is 18.8 Å². The summed E-state index contributed by atoms with van der Waals surface area (Å²) >= 11 is 0. The molecule has 21 heavy (non-hydrogen) atoms. The highest BCUT2D eigenvalue weighted by atomic mass is 16.4. The molecule has 0 radical (unpaired) electrons. The van der Waals surface area contributed by atoms with Gasteiger partial charge in [-0.2, -0.15) is 0 Å². The Morgan fingerprint density at radius 1 is 1.33 bits per heavy atom. The van der Waals surface area contributed by atoms with E-state index < -0.39 is 11.4 Å². The number of carbonyl (C=O) groups excluding carboxylic acids is 1. The van der Waals surface area contributed by atoms with Crippen molar-refractivity contribution in [2.45, 2.75) is 33.6 Å². The monoisotopic (exact) mass is 292 g/mol. The van der Waals surface area contributed by atoms with Gasteiger partial charge in [-0.1, -0.05) is 0 Å². The Labute approximate surface area is 125 Å². The molecule has 1 amide bonds. The smallest absolute Gasteiger partial charge is 0.309 e. The fourth-order valence-electron chi connectivity index (χ4n) is 2.92. The molecule has 0 aliphatic carbocycles. The van der Waals surface area contributed by atoms with Crippen molar-refractivity contribution in [1.29, 1.82) is 0 Å². The summed E-state index contributed by atoms with van der Waals surface area (Å²) in [4.78, 5) is 25.8. The molecule has 1 N–H and O–H groups in total. The molecule has 5 nitrogen and oxygen atoms in total. The minimum atomic E-state index is -0.803. The first kappa shape index (κ1) is 15.6. The number of hydrogen-bond donors (Lipinski definition) is 1. The third-order valence-electron chi connectivity index (χ3n) is 4.87. The molecule has 5 heteroatoms. The van der Waals surface area contributed by atoms with Crippen LogP contribution < -0.4 is 0 Å². The molecule has 1 unspecified atom stereocenters. The summed E-state index contributed by atoms with van der Waals surface area (Å²) in [6, 6.07) is 3.76. The van der Waals surface area contributed by atoms with Gasteiger partial charge in [-0.05, 0) is 51.7 Å². The Balaban J connectivity index is 2.16. The van der Waals surface area contributed by atoms with E-state index in [1.807, 2.05) is 30.7 Å². The molecule has 1 aromatic rings. The van der Waals surface area contributed by atoms with Crippen molar-refractivity contribution in [3.63, 3.8) is 0 Å². The van der Waals surface area contributed by atoms with Crippen LogP contribution in [0.15, 0.2) is 12.1 Å². The van der Waals surface area contributed by atoms with E-state index in [4.69, 9.17) is 0 Å². The summed E-state index contributed by atoms with van der Waals surface area (Å²) in [6.45, 7) is 6.68. The van der Waals surface area contributed by atoms with Crippen LogP contribution in [-0.4, -0.2) is 39.5 Å². The maximum atomic E-state index is 12.6. The molecule has 0 aromatic carbocycles. The van der Waals surface area contributed by atoms with Crippen molar-refractivity contribution in [2.75, 3.05) is 13.1 Å². The molecular weight excluding hydrogens is 268 g/mol. The highest BCUT2D eigenvalue weighted by molar-refractivity contribution is 5.93. The minimum absolute atomic E-state index is 0.00325. The molecule has 1 aliphatic rings. The van der Waals surface area contributed by atoms with E-state index >= 15 is 0 Å². The molecule has 0 saturated carbocycles. The maximum Gasteiger partial charge on any atom is 0.309 e. The van der Waals surface area contributed by atoms with Crippen molar-refractivity contribution >= 4 is 11.9 Å². The van der Waals surface area contributed by atoms with Crippen LogP contribution in [0.5, 0.6) is 0 Å². The van der Waals surface area contributed by atoms with Crippen LogP contribution in [-0.2, 0) is 11.8 Å². The Kier molecular flexibility index (Phi) is 4.12. The number of likely N-dealkylation sites (tertiary alicyclic amines) is 1. The van der Waals surface area contributed by atoms with Crippen LogP contribution in [0.2, 0.25) is 0 Å². The first-order valence-corrected chi connectivity index (χ1v) is 7.40. The average Bonchev–Trinajstić information content (AvgIpc) is 2.78. The fraction of sp³-hybridized carbons (Fsp3) is 0.625. The first-order valence-electron chi connectivity index (χ1n) is 7.40. The number of carbonyl (C=O) groups is 2. The van der Waals surface area contributed by atoms with Gasteiger partial charge in [0.1, 0.15) is 5.69 Å². The Morgan fingerprint density at radius 3 is 2.52 bits per heavy atom. The van der Waals surface area contributed by atoms with Gasteiger partial charge < -0.3 is 14.6 Å². The van der Waals surface area contributed by atoms with E-state index in [0.717, 1.165) is 18.5 Å². The lowest BCUT2D eigenvalue weighted by Crippen LogP contribution is -2.47. The van der Waals surface area contributed by atoms with Gasteiger partial charge in [0.05, 0.1) is 5.41 Å². The lowest BCUT2D eigenvalue weighted by molar-refractivity contribution is -0.151. The molecule has 1 atom stereocenters. The summed E-state index contributed by atoms with van der Waals surface area (Å²) in [5, 5.41) is 9.38. The Bertz CT molecular complexity index is 560. The summed E-state index contributed by atoms with van der Waals surface area (Å²) in [6.07, 6.45) is 1.71. The van der Waals surface area contributed by atoms with Crippen LogP contribution in [0, 0.1) is 18.3 Å². The van der Waals surface area contributed by atoms with Gasteiger partial charge in [0, 0.05) is 25.8 Å². The lowest BCUT2D eigenvalue weighted by Gasteiger charge is -2.39. The topological polar surface area (TPSA) is 62.5 Å². The van der Waals surface area contributed by atoms with Crippen LogP contribution in [0.25, 0.3) is 0 Å². The van der Waals surface area contributed by atoms with Crippen molar-refractivity contribution in [3.05, 3.63) is 23.5 Å². The van der Waals surface area contributed by atoms with Crippen LogP contribution >= 0.6 is 0 Å². The van der Waals surface area contributed by atoms with Gasteiger partial charge in [-0.15, -0.1) is 0 Å². The average molecular weight is 292 g/mol. The van der Waals surface area contributed by atoms with Gasteiger partial charge in [-0.3, -0.25) is 9.59 Å². The van der Waals surface area contributed by atoms with Gasteiger partial charge in [0.2, 0.25) is 0 Å². The number of aromatic nitrogens is 1. The van der Waals surface area contributed by atoms with Crippen LogP contribution in [0.1, 0.15) is 42.9 Å². The zero-order chi connectivity index (χ0) is 15.8. The molecular formula is C16H24N2O3. The molecule has 0 bridgehead atoms. The molecule has 0 spiro atoms. The van der Waals surface area contributed by atoms with E-state index in [2.05, 4.69) is 0 Å².